The average molecular weight is 248 g/mol. The molecule has 0 aliphatic rings. The SMILES string of the molecule is CCC(CC)(OC(=O)C(C)(C)C)c1ccccc1. The molecule has 0 amide bonds. The van der Waals surface area contributed by atoms with Gasteiger partial charge in [0.05, 0.1) is 5.41 Å². The van der Waals surface area contributed by atoms with Crippen LogP contribution in [0.5, 0.6) is 0 Å². The Morgan fingerprint density at radius 1 is 1.06 bits per heavy atom. The molecule has 0 saturated carbocycles. The van der Waals surface area contributed by atoms with Crippen molar-refractivity contribution in [2.75, 3.05) is 0 Å². The third-order valence-electron chi connectivity index (χ3n) is 3.34. The van der Waals surface area contributed by atoms with Crippen molar-refractivity contribution in [3.05, 3.63) is 35.9 Å². The van der Waals surface area contributed by atoms with Crippen molar-refractivity contribution in [1.29, 1.82) is 0 Å². The maximum atomic E-state index is 12.1. The van der Waals surface area contributed by atoms with Gasteiger partial charge < -0.3 is 4.74 Å². The summed E-state index contributed by atoms with van der Waals surface area (Å²) in [5, 5.41) is 0. The summed E-state index contributed by atoms with van der Waals surface area (Å²) in [5.41, 5.74) is 0.114. The molecule has 1 rings (SSSR count). The lowest BCUT2D eigenvalue weighted by Crippen LogP contribution is -2.36. The van der Waals surface area contributed by atoms with Crippen LogP contribution < -0.4 is 0 Å². The summed E-state index contributed by atoms with van der Waals surface area (Å²) >= 11 is 0. The maximum Gasteiger partial charge on any atom is 0.312 e. The van der Waals surface area contributed by atoms with Gasteiger partial charge in [-0.25, -0.2) is 0 Å². The van der Waals surface area contributed by atoms with Crippen molar-refractivity contribution in [3.8, 4) is 0 Å². The Hall–Kier alpha value is -1.31. The Morgan fingerprint density at radius 3 is 1.94 bits per heavy atom. The Morgan fingerprint density at radius 2 is 1.56 bits per heavy atom. The summed E-state index contributed by atoms with van der Waals surface area (Å²) in [7, 11) is 0. The third kappa shape index (κ3) is 3.12. The first-order valence-electron chi connectivity index (χ1n) is 6.64. The number of hydrogen-bond donors (Lipinski definition) is 0. The van der Waals surface area contributed by atoms with Crippen molar-refractivity contribution in [1.82, 2.24) is 0 Å². The van der Waals surface area contributed by atoms with Gasteiger partial charge in [0.15, 0.2) is 0 Å². The van der Waals surface area contributed by atoms with Gasteiger partial charge in [-0.15, -0.1) is 0 Å². The van der Waals surface area contributed by atoms with Crippen molar-refractivity contribution in [2.24, 2.45) is 5.41 Å². The molecule has 0 atom stereocenters. The highest BCUT2D eigenvalue weighted by atomic mass is 16.6. The fraction of sp³-hybridized carbons (Fsp3) is 0.562. The Labute approximate surface area is 110 Å². The molecule has 1 aromatic carbocycles. The quantitative estimate of drug-likeness (QED) is 0.743. The van der Waals surface area contributed by atoms with Crippen molar-refractivity contribution < 1.29 is 9.53 Å². The summed E-state index contributed by atoms with van der Waals surface area (Å²) in [6, 6.07) is 10.0. The van der Waals surface area contributed by atoms with E-state index in [4.69, 9.17) is 4.74 Å². The summed E-state index contributed by atoms with van der Waals surface area (Å²) < 4.78 is 5.85. The summed E-state index contributed by atoms with van der Waals surface area (Å²) in [6.45, 7) is 9.78. The van der Waals surface area contributed by atoms with Gasteiger partial charge in [-0.1, -0.05) is 44.2 Å². The van der Waals surface area contributed by atoms with Crippen LogP contribution in [0.15, 0.2) is 30.3 Å². The van der Waals surface area contributed by atoms with Crippen molar-refractivity contribution in [2.45, 2.75) is 53.1 Å². The highest BCUT2D eigenvalue weighted by Gasteiger charge is 2.36. The van der Waals surface area contributed by atoms with E-state index < -0.39 is 11.0 Å². The minimum absolute atomic E-state index is 0.143. The van der Waals surface area contributed by atoms with Crippen LogP contribution in [0.2, 0.25) is 0 Å². The largest absolute Gasteiger partial charge is 0.454 e. The minimum Gasteiger partial charge on any atom is -0.454 e. The molecule has 0 heterocycles. The molecule has 0 bridgehead atoms. The lowest BCUT2D eigenvalue weighted by atomic mass is 9.87. The molecule has 2 heteroatoms. The van der Waals surface area contributed by atoms with E-state index >= 15 is 0 Å². The van der Waals surface area contributed by atoms with E-state index in [9.17, 15) is 4.79 Å². The van der Waals surface area contributed by atoms with Gasteiger partial charge in [0, 0.05) is 0 Å². The smallest absolute Gasteiger partial charge is 0.312 e. The van der Waals surface area contributed by atoms with E-state index in [0.717, 1.165) is 18.4 Å². The predicted octanol–water partition coefficient (Wildman–Crippen LogP) is 4.29. The molecule has 100 valence electrons. The third-order valence-corrected chi connectivity index (χ3v) is 3.34. The molecular weight excluding hydrogens is 224 g/mol. The van der Waals surface area contributed by atoms with Crippen LogP contribution in [0.3, 0.4) is 0 Å². The van der Waals surface area contributed by atoms with Crippen LogP contribution in [0, 0.1) is 5.41 Å². The Balaban J connectivity index is 3.06. The minimum atomic E-state index is -0.494. The molecule has 0 radical (unpaired) electrons. The van der Waals surface area contributed by atoms with Crippen LogP contribution in [-0.4, -0.2) is 5.97 Å². The molecule has 0 spiro atoms. The summed E-state index contributed by atoms with van der Waals surface area (Å²) in [6.07, 6.45) is 1.57. The number of benzene rings is 1. The molecule has 2 nitrogen and oxygen atoms in total. The van der Waals surface area contributed by atoms with Gasteiger partial charge >= 0.3 is 5.97 Å². The predicted molar refractivity (Wildman–Crippen MR) is 74.2 cm³/mol. The molecule has 18 heavy (non-hydrogen) atoms. The average Bonchev–Trinajstić information content (AvgIpc) is 2.35. The zero-order valence-electron chi connectivity index (χ0n) is 12.1. The fourth-order valence-electron chi connectivity index (χ4n) is 1.93. The molecule has 1 aromatic rings. The van der Waals surface area contributed by atoms with E-state index in [1.165, 1.54) is 0 Å². The highest BCUT2D eigenvalue weighted by Crippen LogP contribution is 2.35. The van der Waals surface area contributed by atoms with Crippen LogP contribution in [0.1, 0.15) is 53.0 Å². The van der Waals surface area contributed by atoms with Crippen LogP contribution >= 0.6 is 0 Å². The van der Waals surface area contributed by atoms with Crippen molar-refractivity contribution in [3.63, 3.8) is 0 Å². The second-order valence-corrected chi connectivity index (χ2v) is 5.71. The fourth-order valence-corrected chi connectivity index (χ4v) is 1.93. The number of carbonyl (C=O) groups excluding carboxylic acids is 1. The summed E-state index contributed by atoms with van der Waals surface area (Å²) in [5.74, 6) is -0.143. The maximum absolute atomic E-state index is 12.1. The number of esters is 1. The highest BCUT2D eigenvalue weighted by molar-refractivity contribution is 5.76. The van der Waals surface area contributed by atoms with Gasteiger partial charge in [-0.3, -0.25) is 4.79 Å². The molecule has 0 unspecified atom stereocenters. The van der Waals surface area contributed by atoms with E-state index in [-0.39, 0.29) is 5.97 Å². The molecule has 0 aromatic heterocycles. The molecule has 0 fully saturated rings. The Kier molecular flexibility index (Phi) is 4.55. The van der Waals surface area contributed by atoms with Crippen LogP contribution in [0.25, 0.3) is 0 Å². The van der Waals surface area contributed by atoms with Gasteiger partial charge in [0.1, 0.15) is 5.60 Å². The number of rotatable bonds is 4. The van der Waals surface area contributed by atoms with E-state index in [0.29, 0.717) is 0 Å². The lowest BCUT2D eigenvalue weighted by molar-refractivity contribution is -0.172. The zero-order valence-corrected chi connectivity index (χ0v) is 12.1. The summed E-state index contributed by atoms with van der Waals surface area (Å²) in [4.78, 5) is 12.1. The first-order valence-corrected chi connectivity index (χ1v) is 6.64. The lowest BCUT2D eigenvalue weighted by Gasteiger charge is -2.34. The van der Waals surface area contributed by atoms with Gasteiger partial charge in [0.25, 0.3) is 0 Å². The van der Waals surface area contributed by atoms with Crippen LogP contribution in [-0.2, 0) is 15.1 Å². The molecule has 0 N–H and O–H groups in total. The molecular formula is C16H24O2. The zero-order chi connectivity index (χ0) is 13.8. The van der Waals surface area contributed by atoms with E-state index in [1.54, 1.807) is 0 Å². The Bertz CT molecular complexity index is 383. The van der Waals surface area contributed by atoms with Crippen molar-refractivity contribution >= 4 is 5.97 Å². The van der Waals surface area contributed by atoms with E-state index in [2.05, 4.69) is 13.8 Å². The first kappa shape index (κ1) is 14.7. The monoisotopic (exact) mass is 248 g/mol. The normalized spacial score (nSPS) is 12.3. The topological polar surface area (TPSA) is 26.3 Å². The second kappa shape index (κ2) is 5.55. The number of hydrogen-bond acceptors (Lipinski definition) is 2. The second-order valence-electron chi connectivity index (χ2n) is 5.71. The molecule has 0 aliphatic heterocycles. The number of ether oxygens (including phenoxy) is 1. The van der Waals surface area contributed by atoms with E-state index in [1.807, 2.05) is 51.1 Å². The first-order chi connectivity index (χ1) is 8.35. The van der Waals surface area contributed by atoms with Gasteiger partial charge in [0.2, 0.25) is 0 Å². The number of carbonyl (C=O) groups is 1. The molecule has 0 saturated heterocycles. The standard InChI is InChI=1S/C16H24O2/c1-6-16(7-2,13-11-9-8-10-12-13)18-14(17)15(3,4)5/h8-12H,6-7H2,1-5H3. The van der Waals surface area contributed by atoms with Gasteiger partial charge in [-0.05, 0) is 39.2 Å². The van der Waals surface area contributed by atoms with Gasteiger partial charge in [-0.2, -0.15) is 0 Å². The molecule has 0 aliphatic carbocycles. The van der Waals surface area contributed by atoms with Crippen LogP contribution in [0.4, 0.5) is 0 Å².